The number of nitrogens with one attached hydrogen (secondary N) is 1. The Hall–Kier alpha value is -2.18. The highest BCUT2D eigenvalue weighted by Gasteiger charge is 2.38. The molecule has 1 N–H and O–H groups in total. The average molecular weight is 326 g/mol. The summed E-state index contributed by atoms with van der Waals surface area (Å²) < 4.78 is 7.80. The summed E-state index contributed by atoms with van der Waals surface area (Å²) in [5, 5.41) is 3.14. The van der Waals surface area contributed by atoms with E-state index in [9.17, 15) is 4.79 Å². The van der Waals surface area contributed by atoms with Crippen LogP contribution in [0.15, 0.2) is 42.9 Å². The van der Waals surface area contributed by atoms with Gasteiger partial charge < -0.3 is 14.6 Å². The van der Waals surface area contributed by atoms with Gasteiger partial charge in [0.25, 0.3) is 5.91 Å². The van der Waals surface area contributed by atoms with Crippen LogP contribution in [-0.4, -0.2) is 52.1 Å². The third-order valence-electron chi connectivity index (χ3n) is 4.97. The van der Waals surface area contributed by atoms with Crippen molar-refractivity contribution in [1.82, 2.24) is 19.8 Å². The zero-order valence-electron chi connectivity index (χ0n) is 13.8. The number of fused-ring (bicyclic) bond motifs is 1. The summed E-state index contributed by atoms with van der Waals surface area (Å²) in [6, 6.07) is 10.9. The molecule has 2 aliphatic rings. The van der Waals surface area contributed by atoms with Gasteiger partial charge in [0.2, 0.25) is 0 Å². The molecule has 0 aliphatic carbocycles. The second-order valence-corrected chi connectivity index (χ2v) is 6.64. The molecule has 0 saturated carbocycles. The van der Waals surface area contributed by atoms with Gasteiger partial charge in [-0.25, -0.2) is 4.98 Å². The Balaban J connectivity index is 1.38. The predicted molar refractivity (Wildman–Crippen MR) is 89.6 cm³/mol. The van der Waals surface area contributed by atoms with E-state index in [0.29, 0.717) is 11.7 Å². The first-order valence-electron chi connectivity index (χ1n) is 8.38. The van der Waals surface area contributed by atoms with Crippen molar-refractivity contribution in [3.8, 4) is 0 Å². The van der Waals surface area contributed by atoms with Gasteiger partial charge in [0.1, 0.15) is 5.69 Å². The second kappa shape index (κ2) is 6.37. The number of carbonyl (C=O) groups excluding carboxylic acids is 1. The van der Waals surface area contributed by atoms with Crippen LogP contribution in [0, 0.1) is 0 Å². The van der Waals surface area contributed by atoms with Crippen molar-refractivity contribution in [2.24, 2.45) is 7.05 Å². The summed E-state index contributed by atoms with van der Waals surface area (Å²) in [6.07, 6.45) is 4.30. The van der Waals surface area contributed by atoms with Crippen molar-refractivity contribution in [3.05, 3.63) is 54.1 Å². The van der Waals surface area contributed by atoms with Gasteiger partial charge in [0.05, 0.1) is 25.2 Å². The fraction of sp³-hybridized carbons (Fsp3) is 0.444. The van der Waals surface area contributed by atoms with Gasteiger partial charge in [-0.15, -0.1) is 0 Å². The molecule has 2 fully saturated rings. The molecule has 0 spiro atoms. The highest BCUT2D eigenvalue weighted by Crippen LogP contribution is 2.30. The minimum atomic E-state index is -0.0552. The Morgan fingerprint density at radius 1 is 1.29 bits per heavy atom. The standard InChI is InChI=1S/C18H22N4O2/c1-21-12-19-8-16(21)18(23)20-14-7-15-11-24-17(10-22(15)9-14)13-5-3-2-4-6-13/h2-6,8,12,14-15,17H,7,9-11H2,1H3,(H,20,23)/t14-,15+,17-/m1/s1. The van der Waals surface area contributed by atoms with Crippen LogP contribution in [-0.2, 0) is 11.8 Å². The Morgan fingerprint density at radius 3 is 2.88 bits per heavy atom. The lowest BCUT2D eigenvalue weighted by Gasteiger charge is -2.35. The molecule has 6 nitrogen and oxygen atoms in total. The minimum Gasteiger partial charge on any atom is -0.371 e. The fourth-order valence-corrected chi connectivity index (χ4v) is 3.68. The summed E-state index contributed by atoms with van der Waals surface area (Å²) in [6.45, 7) is 2.48. The number of carbonyl (C=O) groups is 1. The Labute approximate surface area is 141 Å². The van der Waals surface area contributed by atoms with Gasteiger partial charge in [-0.3, -0.25) is 9.69 Å². The van der Waals surface area contributed by atoms with Crippen LogP contribution >= 0.6 is 0 Å². The van der Waals surface area contributed by atoms with Crippen molar-refractivity contribution < 1.29 is 9.53 Å². The molecule has 24 heavy (non-hydrogen) atoms. The molecule has 6 heteroatoms. The molecule has 1 aromatic carbocycles. The number of benzene rings is 1. The summed E-state index contributed by atoms with van der Waals surface area (Å²) >= 11 is 0. The van der Waals surface area contributed by atoms with E-state index in [1.165, 1.54) is 5.56 Å². The second-order valence-electron chi connectivity index (χ2n) is 6.64. The van der Waals surface area contributed by atoms with Crippen molar-refractivity contribution in [2.45, 2.75) is 24.6 Å². The number of aromatic nitrogens is 2. The molecule has 2 aromatic rings. The van der Waals surface area contributed by atoms with E-state index in [4.69, 9.17) is 4.74 Å². The number of morpholine rings is 1. The van der Waals surface area contributed by atoms with Gasteiger partial charge in [-0.1, -0.05) is 30.3 Å². The molecule has 0 unspecified atom stereocenters. The van der Waals surface area contributed by atoms with Crippen LogP contribution in [0.2, 0.25) is 0 Å². The van der Waals surface area contributed by atoms with Crippen molar-refractivity contribution in [2.75, 3.05) is 19.7 Å². The fourth-order valence-electron chi connectivity index (χ4n) is 3.68. The van der Waals surface area contributed by atoms with Crippen molar-refractivity contribution in [1.29, 1.82) is 0 Å². The first-order chi connectivity index (χ1) is 11.7. The van der Waals surface area contributed by atoms with E-state index in [1.54, 1.807) is 17.1 Å². The van der Waals surface area contributed by atoms with Gasteiger partial charge in [-0.2, -0.15) is 0 Å². The van der Waals surface area contributed by atoms with Crippen LogP contribution in [0.1, 0.15) is 28.6 Å². The average Bonchev–Trinajstić information content (AvgIpc) is 3.20. The zero-order chi connectivity index (χ0) is 16.5. The van der Waals surface area contributed by atoms with E-state index < -0.39 is 0 Å². The first kappa shape index (κ1) is 15.4. The van der Waals surface area contributed by atoms with Gasteiger partial charge in [-0.05, 0) is 12.0 Å². The number of hydrogen-bond donors (Lipinski definition) is 1. The number of nitrogens with zero attached hydrogens (tertiary/aromatic N) is 3. The first-order valence-corrected chi connectivity index (χ1v) is 8.38. The smallest absolute Gasteiger partial charge is 0.269 e. The summed E-state index contributed by atoms with van der Waals surface area (Å²) in [7, 11) is 1.83. The molecule has 0 radical (unpaired) electrons. The largest absolute Gasteiger partial charge is 0.371 e. The summed E-state index contributed by atoms with van der Waals surface area (Å²) in [5.74, 6) is -0.0552. The van der Waals surface area contributed by atoms with Gasteiger partial charge in [0, 0.05) is 32.2 Å². The third-order valence-corrected chi connectivity index (χ3v) is 4.97. The zero-order valence-corrected chi connectivity index (χ0v) is 13.8. The molecule has 0 bridgehead atoms. The maximum Gasteiger partial charge on any atom is 0.269 e. The number of hydrogen-bond acceptors (Lipinski definition) is 4. The molecule has 3 heterocycles. The normalized spacial score (nSPS) is 27.0. The van der Waals surface area contributed by atoms with E-state index in [2.05, 4.69) is 27.3 Å². The lowest BCUT2D eigenvalue weighted by atomic mass is 10.1. The Bertz CT molecular complexity index is 715. The quantitative estimate of drug-likeness (QED) is 0.925. The third kappa shape index (κ3) is 2.95. The predicted octanol–water partition coefficient (Wildman–Crippen LogP) is 1.36. The topological polar surface area (TPSA) is 59.4 Å². The van der Waals surface area contributed by atoms with Crippen LogP contribution < -0.4 is 5.32 Å². The van der Waals surface area contributed by atoms with Crippen molar-refractivity contribution >= 4 is 5.91 Å². The molecular formula is C18H22N4O2. The molecule has 4 rings (SSSR count). The Kier molecular flexibility index (Phi) is 4.08. The number of rotatable bonds is 3. The maximum absolute atomic E-state index is 12.4. The molecule has 3 atom stereocenters. The highest BCUT2D eigenvalue weighted by molar-refractivity contribution is 5.92. The van der Waals surface area contributed by atoms with Gasteiger partial charge in [0.15, 0.2) is 0 Å². The molecule has 2 aliphatic heterocycles. The number of ether oxygens (including phenoxy) is 1. The van der Waals surface area contributed by atoms with E-state index >= 15 is 0 Å². The summed E-state index contributed by atoms with van der Waals surface area (Å²) in [5.41, 5.74) is 1.82. The molecular weight excluding hydrogens is 304 g/mol. The molecule has 1 aromatic heterocycles. The Morgan fingerprint density at radius 2 is 2.12 bits per heavy atom. The maximum atomic E-state index is 12.4. The summed E-state index contributed by atoms with van der Waals surface area (Å²) in [4.78, 5) is 18.8. The lowest BCUT2D eigenvalue weighted by Crippen LogP contribution is -2.43. The van der Waals surface area contributed by atoms with Crippen LogP contribution in [0.5, 0.6) is 0 Å². The van der Waals surface area contributed by atoms with Crippen molar-refractivity contribution in [3.63, 3.8) is 0 Å². The van der Waals surface area contributed by atoms with E-state index in [0.717, 1.165) is 26.1 Å². The van der Waals surface area contributed by atoms with Crippen LogP contribution in [0.3, 0.4) is 0 Å². The highest BCUT2D eigenvalue weighted by atomic mass is 16.5. The van der Waals surface area contributed by atoms with E-state index in [1.807, 2.05) is 25.2 Å². The molecule has 1 amide bonds. The SMILES string of the molecule is Cn1cncc1C(=O)N[C@@H]1C[C@H]2CO[C@@H](c3ccccc3)CN2C1. The lowest BCUT2D eigenvalue weighted by molar-refractivity contribution is -0.0502. The number of imidazole rings is 1. The van der Waals surface area contributed by atoms with Crippen LogP contribution in [0.25, 0.3) is 0 Å². The van der Waals surface area contributed by atoms with Crippen LogP contribution in [0.4, 0.5) is 0 Å². The number of aryl methyl sites for hydroxylation is 1. The minimum absolute atomic E-state index is 0.0552. The molecule has 2 saturated heterocycles. The number of amides is 1. The van der Waals surface area contributed by atoms with E-state index in [-0.39, 0.29) is 18.1 Å². The molecule has 126 valence electrons. The van der Waals surface area contributed by atoms with Gasteiger partial charge >= 0.3 is 0 Å². The monoisotopic (exact) mass is 326 g/mol.